The molecule has 1 heterocycles. The molecule has 0 bridgehead atoms. The minimum Gasteiger partial charge on any atom is -0.341 e. The molecule has 0 spiro atoms. The molecule has 1 aromatic rings. The molecule has 5 nitrogen and oxygen atoms in total. The number of carbonyl (C=O) groups is 2. The van der Waals surface area contributed by atoms with Crippen LogP contribution in [0.3, 0.4) is 0 Å². The van der Waals surface area contributed by atoms with Gasteiger partial charge in [-0.15, -0.1) is 0 Å². The van der Waals surface area contributed by atoms with Crippen LogP contribution in [0.25, 0.3) is 0 Å². The summed E-state index contributed by atoms with van der Waals surface area (Å²) < 4.78 is 0. The zero-order valence-electron chi connectivity index (χ0n) is 13.7. The van der Waals surface area contributed by atoms with E-state index in [1.54, 1.807) is 29.2 Å². The molecule has 1 aromatic carbocycles. The molecular formula is C17H24ClN3O2. The number of nitrogens with zero attached hydrogens (tertiary/aromatic N) is 2. The Bertz CT molecular complexity index is 545. The fourth-order valence-electron chi connectivity index (χ4n) is 2.58. The number of nitrogens with one attached hydrogen (secondary N) is 1. The van der Waals surface area contributed by atoms with Crippen molar-refractivity contribution in [3.63, 3.8) is 0 Å². The van der Waals surface area contributed by atoms with Crippen molar-refractivity contribution in [3.05, 3.63) is 29.3 Å². The first-order chi connectivity index (χ1) is 11.0. The van der Waals surface area contributed by atoms with Gasteiger partial charge in [-0.05, 0) is 36.6 Å². The Labute approximate surface area is 142 Å². The van der Waals surface area contributed by atoms with Crippen LogP contribution >= 0.6 is 11.6 Å². The zero-order valence-corrected chi connectivity index (χ0v) is 14.5. The van der Waals surface area contributed by atoms with Crippen LogP contribution in [0.4, 0.5) is 10.5 Å². The summed E-state index contributed by atoms with van der Waals surface area (Å²) in [5.74, 6) is 0.537. The SMILES string of the molecule is CC(C)CC(=O)N1CCCN(C(=O)Nc2ccc(Cl)cc2)CC1. The number of halogens is 1. The summed E-state index contributed by atoms with van der Waals surface area (Å²) in [6, 6.07) is 6.90. The summed E-state index contributed by atoms with van der Waals surface area (Å²) >= 11 is 5.84. The molecule has 0 aromatic heterocycles. The number of benzene rings is 1. The van der Waals surface area contributed by atoms with Crippen LogP contribution in [0.15, 0.2) is 24.3 Å². The Hall–Kier alpha value is -1.75. The van der Waals surface area contributed by atoms with Crippen molar-refractivity contribution >= 4 is 29.2 Å². The predicted octanol–water partition coefficient (Wildman–Crippen LogP) is 3.45. The normalized spacial score (nSPS) is 15.5. The molecule has 23 heavy (non-hydrogen) atoms. The molecule has 1 aliphatic rings. The number of urea groups is 1. The second kappa shape index (κ2) is 8.20. The van der Waals surface area contributed by atoms with Gasteiger partial charge in [-0.25, -0.2) is 4.79 Å². The van der Waals surface area contributed by atoms with E-state index < -0.39 is 0 Å². The van der Waals surface area contributed by atoms with Crippen LogP contribution in [-0.2, 0) is 4.79 Å². The van der Waals surface area contributed by atoms with E-state index in [1.807, 2.05) is 18.7 Å². The first kappa shape index (κ1) is 17.6. The van der Waals surface area contributed by atoms with Gasteiger partial charge in [-0.1, -0.05) is 25.4 Å². The number of anilines is 1. The molecule has 1 N–H and O–H groups in total. The summed E-state index contributed by atoms with van der Waals surface area (Å²) in [7, 11) is 0. The molecular weight excluding hydrogens is 314 g/mol. The Kier molecular flexibility index (Phi) is 6.28. The van der Waals surface area contributed by atoms with E-state index in [-0.39, 0.29) is 11.9 Å². The lowest BCUT2D eigenvalue weighted by Gasteiger charge is -2.23. The summed E-state index contributed by atoms with van der Waals surface area (Å²) in [4.78, 5) is 28.1. The lowest BCUT2D eigenvalue weighted by Crippen LogP contribution is -2.39. The fourth-order valence-corrected chi connectivity index (χ4v) is 2.71. The van der Waals surface area contributed by atoms with E-state index in [2.05, 4.69) is 5.32 Å². The highest BCUT2D eigenvalue weighted by Gasteiger charge is 2.22. The van der Waals surface area contributed by atoms with Crippen LogP contribution in [0.5, 0.6) is 0 Å². The van der Waals surface area contributed by atoms with Gasteiger partial charge in [0.1, 0.15) is 0 Å². The van der Waals surface area contributed by atoms with Gasteiger partial charge >= 0.3 is 6.03 Å². The van der Waals surface area contributed by atoms with Gasteiger partial charge in [0.2, 0.25) is 5.91 Å². The van der Waals surface area contributed by atoms with Crippen LogP contribution in [0.1, 0.15) is 26.7 Å². The van der Waals surface area contributed by atoms with E-state index in [4.69, 9.17) is 11.6 Å². The van der Waals surface area contributed by atoms with Crippen molar-refractivity contribution in [2.45, 2.75) is 26.7 Å². The van der Waals surface area contributed by atoms with Crippen molar-refractivity contribution in [1.82, 2.24) is 9.80 Å². The number of hydrogen-bond donors (Lipinski definition) is 1. The van der Waals surface area contributed by atoms with Gasteiger partial charge in [0.05, 0.1) is 0 Å². The highest BCUT2D eigenvalue weighted by molar-refractivity contribution is 6.30. The molecule has 0 saturated carbocycles. The molecule has 0 atom stereocenters. The van der Waals surface area contributed by atoms with E-state index in [0.717, 1.165) is 18.7 Å². The third-order valence-electron chi connectivity index (χ3n) is 3.81. The quantitative estimate of drug-likeness (QED) is 0.918. The van der Waals surface area contributed by atoms with Crippen molar-refractivity contribution in [2.24, 2.45) is 5.92 Å². The topological polar surface area (TPSA) is 52.7 Å². The third kappa shape index (κ3) is 5.43. The average Bonchev–Trinajstić information content (AvgIpc) is 2.75. The van der Waals surface area contributed by atoms with E-state index >= 15 is 0 Å². The van der Waals surface area contributed by atoms with Crippen molar-refractivity contribution in [2.75, 3.05) is 31.5 Å². The van der Waals surface area contributed by atoms with Crippen molar-refractivity contribution in [1.29, 1.82) is 0 Å². The van der Waals surface area contributed by atoms with Crippen molar-refractivity contribution < 1.29 is 9.59 Å². The van der Waals surface area contributed by atoms with Gasteiger partial charge in [0, 0.05) is 43.3 Å². The zero-order chi connectivity index (χ0) is 16.8. The average molecular weight is 338 g/mol. The molecule has 126 valence electrons. The number of rotatable bonds is 3. The van der Waals surface area contributed by atoms with E-state index in [0.29, 0.717) is 37.0 Å². The van der Waals surface area contributed by atoms with Crippen LogP contribution in [0.2, 0.25) is 5.02 Å². The molecule has 0 aliphatic carbocycles. The van der Waals surface area contributed by atoms with Gasteiger partial charge in [0.15, 0.2) is 0 Å². The molecule has 2 rings (SSSR count). The predicted molar refractivity (Wildman–Crippen MR) is 92.7 cm³/mol. The summed E-state index contributed by atoms with van der Waals surface area (Å²) in [5, 5.41) is 3.50. The smallest absolute Gasteiger partial charge is 0.321 e. The Balaban J connectivity index is 1.88. The summed E-state index contributed by atoms with van der Waals surface area (Å²) in [5.41, 5.74) is 0.719. The molecule has 1 fully saturated rings. The highest BCUT2D eigenvalue weighted by atomic mass is 35.5. The molecule has 0 unspecified atom stereocenters. The first-order valence-corrected chi connectivity index (χ1v) is 8.43. The fraction of sp³-hybridized carbons (Fsp3) is 0.529. The second-order valence-electron chi connectivity index (χ2n) is 6.26. The van der Waals surface area contributed by atoms with Gasteiger partial charge in [0.25, 0.3) is 0 Å². The summed E-state index contributed by atoms with van der Waals surface area (Å²) in [6.07, 6.45) is 1.37. The minimum absolute atomic E-state index is 0.134. The van der Waals surface area contributed by atoms with E-state index in [9.17, 15) is 9.59 Å². The highest BCUT2D eigenvalue weighted by Crippen LogP contribution is 2.15. The van der Waals surface area contributed by atoms with Crippen LogP contribution < -0.4 is 5.32 Å². The number of carbonyl (C=O) groups excluding carboxylic acids is 2. The lowest BCUT2D eigenvalue weighted by molar-refractivity contribution is -0.131. The summed E-state index contributed by atoms with van der Waals surface area (Å²) in [6.45, 7) is 6.62. The number of amides is 3. The molecule has 3 amide bonds. The maximum atomic E-state index is 12.3. The van der Waals surface area contributed by atoms with Gasteiger partial charge in [-0.3, -0.25) is 4.79 Å². The minimum atomic E-state index is -0.134. The second-order valence-corrected chi connectivity index (χ2v) is 6.69. The first-order valence-electron chi connectivity index (χ1n) is 8.05. The maximum Gasteiger partial charge on any atom is 0.321 e. The Morgan fingerprint density at radius 3 is 2.35 bits per heavy atom. The van der Waals surface area contributed by atoms with Crippen LogP contribution in [-0.4, -0.2) is 47.9 Å². The van der Waals surface area contributed by atoms with Crippen LogP contribution in [0, 0.1) is 5.92 Å². The molecule has 0 radical (unpaired) electrons. The maximum absolute atomic E-state index is 12.3. The molecule has 6 heteroatoms. The molecule has 1 saturated heterocycles. The van der Waals surface area contributed by atoms with Gasteiger partial charge < -0.3 is 15.1 Å². The Morgan fingerprint density at radius 2 is 1.70 bits per heavy atom. The molecule has 1 aliphatic heterocycles. The standard InChI is InChI=1S/C17H24ClN3O2/c1-13(2)12-16(22)20-8-3-9-21(11-10-20)17(23)19-15-6-4-14(18)5-7-15/h4-7,13H,3,8-12H2,1-2H3,(H,19,23). The van der Waals surface area contributed by atoms with Gasteiger partial charge in [-0.2, -0.15) is 0 Å². The van der Waals surface area contributed by atoms with E-state index in [1.165, 1.54) is 0 Å². The lowest BCUT2D eigenvalue weighted by atomic mass is 10.1. The van der Waals surface area contributed by atoms with Crippen molar-refractivity contribution in [3.8, 4) is 0 Å². The third-order valence-corrected chi connectivity index (χ3v) is 4.07. The monoisotopic (exact) mass is 337 g/mol. The largest absolute Gasteiger partial charge is 0.341 e. The number of hydrogen-bond acceptors (Lipinski definition) is 2. The Morgan fingerprint density at radius 1 is 1.09 bits per heavy atom.